The number of ether oxygens (including phenoxy) is 1. The van der Waals surface area contributed by atoms with Crippen LogP contribution in [0, 0.1) is 0 Å². The lowest BCUT2D eigenvalue weighted by atomic mass is 10.0. The molecule has 0 aliphatic heterocycles. The van der Waals surface area contributed by atoms with Gasteiger partial charge >= 0.3 is 0 Å². The van der Waals surface area contributed by atoms with Crippen molar-refractivity contribution in [1.82, 2.24) is 0 Å². The fraction of sp³-hybridized carbons (Fsp3) is 0.538. The van der Waals surface area contributed by atoms with Crippen LogP contribution in [0.4, 0.5) is 5.69 Å². The van der Waals surface area contributed by atoms with Gasteiger partial charge in [0.1, 0.15) is 5.75 Å². The van der Waals surface area contributed by atoms with E-state index in [1.807, 2.05) is 19.1 Å². The first-order valence-corrected chi connectivity index (χ1v) is 5.58. The minimum absolute atomic E-state index is 0.146. The zero-order valence-electron chi connectivity index (χ0n) is 10.1. The van der Waals surface area contributed by atoms with Crippen molar-refractivity contribution in [3.05, 3.63) is 24.3 Å². The van der Waals surface area contributed by atoms with Gasteiger partial charge in [-0.1, -0.05) is 6.92 Å². The van der Waals surface area contributed by atoms with E-state index in [2.05, 4.69) is 38.2 Å². The van der Waals surface area contributed by atoms with Gasteiger partial charge in [0.15, 0.2) is 0 Å². The highest BCUT2D eigenvalue weighted by Crippen LogP contribution is 2.20. The molecule has 0 aliphatic carbocycles. The maximum Gasteiger partial charge on any atom is 0.119 e. The third kappa shape index (κ3) is 3.82. The minimum atomic E-state index is 0.146. The largest absolute Gasteiger partial charge is 0.494 e. The first-order valence-electron chi connectivity index (χ1n) is 5.58. The predicted octanol–water partition coefficient (Wildman–Crippen LogP) is 3.69. The first kappa shape index (κ1) is 11.9. The van der Waals surface area contributed by atoms with E-state index in [0.29, 0.717) is 6.61 Å². The van der Waals surface area contributed by atoms with E-state index >= 15 is 0 Å². The molecule has 0 unspecified atom stereocenters. The molecule has 0 aliphatic rings. The van der Waals surface area contributed by atoms with Crippen LogP contribution >= 0.6 is 0 Å². The Hall–Kier alpha value is -1.18. The third-order valence-corrected chi connectivity index (χ3v) is 2.53. The summed E-state index contributed by atoms with van der Waals surface area (Å²) >= 11 is 0. The normalized spacial score (nSPS) is 11.2. The van der Waals surface area contributed by atoms with E-state index in [4.69, 9.17) is 4.74 Å². The van der Waals surface area contributed by atoms with Gasteiger partial charge in [0.25, 0.3) is 0 Å². The van der Waals surface area contributed by atoms with Crippen LogP contribution < -0.4 is 10.1 Å². The molecule has 0 radical (unpaired) electrons. The van der Waals surface area contributed by atoms with Crippen molar-refractivity contribution in [2.45, 2.75) is 39.7 Å². The molecule has 1 rings (SSSR count). The Morgan fingerprint density at radius 1 is 1.13 bits per heavy atom. The molecule has 1 aromatic rings. The second kappa shape index (κ2) is 5.06. The standard InChI is InChI=1S/C13H21NO/c1-5-13(3,4)14-11-7-9-12(10-8-11)15-6-2/h7-10,14H,5-6H2,1-4H3. The Balaban J connectivity index is 2.64. The molecular formula is C13H21NO. The van der Waals surface area contributed by atoms with Crippen molar-refractivity contribution in [3.63, 3.8) is 0 Å². The predicted molar refractivity (Wildman–Crippen MR) is 65.6 cm³/mol. The number of anilines is 1. The Kier molecular flexibility index (Phi) is 4.01. The van der Waals surface area contributed by atoms with Crippen molar-refractivity contribution in [1.29, 1.82) is 0 Å². The van der Waals surface area contributed by atoms with E-state index in [1.54, 1.807) is 0 Å². The summed E-state index contributed by atoms with van der Waals surface area (Å²) in [6.45, 7) is 9.29. The molecule has 0 heterocycles. The second-order valence-electron chi connectivity index (χ2n) is 4.32. The highest BCUT2D eigenvalue weighted by atomic mass is 16.5. The highest BCUT2D eigenvalue weighted by molar-refractivity contribution is 5.48. The first-order chi connectivity index (χ1) is 7.07. The van der Waals surface area contributed by atoms with Gasteiger partial charge in [0.2, 0.25) is 0 Å². The van der Waals surface area contributed by atoms with Gasteiger partial charge in [0, 0.05) is 11.2 Å². The number of hydrogen-bond donors (Lipinski definition) is 1. The van der Waals surface area contributed by atoms with Gasteiger partial charge in [-0.25, -0.2) is 0 Å². The van der Waals surface area contributed by atoms with Gasteiger partial charge in [-0.2, -0.15) is 0 Å². The summed E-state index contributed by atoms with van der Waals surface area (Å²) in [6, 6.07) is 8.11. The number of nitrogens with one attached hydrogen (secondary N) is 1. The summed E-state index contributed by atoms with van der Waals surface area (Å²) in [6.07, 6.45) is 1.10. The quantitative estimate of drug-likeness (QED) is 0.795. The molecule has 0 fully saturated rings. The van der Waals surface area contributed by atoms with Crippen LogP contribution in [0.25, 0.3) is 0 Å². The van der Waals surface area contributed by atoms with Crippen molar-refractivity contribution >= 4 is 5.69 Å². The van der Waals surface area contributed by atoms with Crippen LogP contribution in [0.2, 0.25) is 0 Å². The van der Waals surface area contributed by atoms with Gasteiger partial charge < -0.3 is 10.1 Å². The average molecular weight is 207 g/mol. The zero-order chi connectivity index (χ0) is 11.3. The maximum absolute atomic E-state index is 5.39. The Bertz CT molecular complexity index is 290. The SMILES string of the molecule is CCOc1ccc(NC(C)(C)CC)cc1. The summed E-state index contributed by atoms with van der Waals surface area (Å²) in [7, 11) is 0. The second-order valence-corrected chi connectivity index (χ2v) is 4.32. The number of hydrogen-bond acceptors (Lipinski definition) is 2. The Labute approximate surface area is 92.6 Å². The molecule has 84 valence electrons. The van der Waals surface area contributed by atoms with Gasteiger partial charge in [-0.05, 0) is 51.5 Å². The van der Waals surface area contributed by atoms with Crippen LogP contribution in [-0.2, 0) is 0 Å². The van der Waals surface area contributed by atoms with Crippen LogP contribution in [0.15, 0.2) is 24.3 Å². The molecule has 0 spiro atoms. The fourth-order valence-corrected chi connectivity index (χ4v) is 1.28. The summed E-state index contributed by atoms with van der Waals surface area (Å²) in [4.78, 5) is 0. The molecule has 2 nitrogen and oxygen atoms in total. The van der Waals surface area contributed by atoms with Crippen LogP contribution in [0.5, 0.6) is 5.75 Å². The molecule has 0 atom stereocenters. The molecule has 0 saturated heterocycles. The smallest absolute Gasteiger partial charge is 0.119 e. The average Bonchev–Trinajstić information content (AvgIpc) is 2.21. The lowest BCUT2D eigenvalue weighted by Gasteiger charge is -2.26. The van der Waals surface area contributed by atoms with Crippen molar-refractivity contribution in [3.8, 4) is 5.75 Å². The Morgan fingerprint density at radius 2 is 1.73 bits per heavy atom. The van der Waals surface area contributed by atoms with E-state index in [1.165, 1.54) is 0 Å². The molecule has 1 N–H and O–H groups in total. The lowest BCUT2D eigenvalue weighted by molar-refractivity contribution is 0.340. The molecule has 0 aromatic heterocycles. The third-order valence-electron chi connectivity index (χ3n) is 2.53. The summed E-state index contributed by atoms with van der Waals surface area (Å²) in [5, 5.41) is 3.48. The summed E-state index contributed by atoms with van der Waals surface area (Å²) < 4.78 is 5.39. The monoisotopic (exact) mass is 207 g/mol. The number of rotatable bonds is 5. The van der Waals surface area contributed by atoms with Gasteiger partial charge in [-0.15, -0.1) is 0 Å². The molecule has 0 bridgehead atoms. The maximum atomic E-state index is 5.39. The molecule has 2 heteroatoms. The number of benzene rings is 1. The molecule has 1 aromatic carbocycles. The van der Waals surface area contributed by atoms with E-state index < -0.39 is 0 Å². The molecule has 0 amide bonds. The van der Waals surface area contributed by atoms with Gasteiger partial charge in [-0.3, -0.25) is 0 Å². The van der Waals surface area contributed by atoms with E-state index in [9.17, 15) is 0 Å². The lowest BCUT2D eigenvalue weighted by Crippen LogP contribution is -2.29. The van der Waals surface area contributed by atoms with Gasteiger partial charge in [0.05, 0.1) is 6.61 Å². The minimum Gasteiger partial charge on any atom is -0.494 e. The van der Waals surface area contributed by atoms with Crippen molar-refractivity contribution < 1.29 is 4.74 Å². The van der Waals surface area contributed by atoms with Crippen LogP contribution in [0.3, 0.4) is 0 Å². The van der Waals surface area contributed by atoms with Crippen molar-refractivity contribution in [2.75, 3.05) is 11.9 Å². The molecule has 15 heavy (non-hydrogen) atoms. The summed E-state index contributed by atoms with van der Waals surface area (Å²) in [5.74, 6) is 0.928. The molecule has 0 saturated carbocycles. The van der Waals surface area contributed by atoms with Crippen LogP contribution in [0.1, 0.15) is 34.1 Å². The Morgan fingerprint density at radius 3 is 2.20 bits per heavy atom. The highest BCUT2D eigenvalue weighted by Gasteiger charge is 2.13. The van der Waals surface area contributed by atoms with Crippen molar-refractivity contribution in [2.24, 2.45) is 0 Å². The fourth-order valence-electron chi connectivity index (χ4n) is 1.28. The van der Waals surface area contributed by atoms with E-state index in [-0.39, 0.29) is 5.54 Å². The van der Waals surface area contributed by atoms with E-state index in [0.717, 1.165) is 17.9 Å². The summed E-state index contributed by atoms with van der Waals surface area (Å²) in [5.41, 5.74) is 1.29. The molecular weight excluding hydrogens is 186 g/mol. The topological polar surface area (TPSA) is 21.3 Å². The zero-order valence-corrected chi connectivity index (χ0v) is 10.1. The van der Waals surface area contributed by atoms with Crippen LogP contribution in [-0.4, -0.2) is 12.1 Å².